The number of benzene rings is 1. The predicted molar refractivity (Wildman–Crippen MR) is 68.1 cm³/mol. The summed E-state index contributed by atoms with van der Waals surface area (Å²) in [6.45, 7) is 3.43. The number of hydrogen-bond acceptors (Lipinski definition) is 3. The maximum atomic E-state index is 11.7. The van der Waals surface area contributed by atoms with Crippen molar-refractivity contribution >= 4 is 11.1 Å². The van der Waals surface area contributed by atoms with Crippen molar-refractivity contribution in [1.82, 2.24) is 4.57 Å². The monoisotopic (exact) mass is 234 g/mol. The van der Waals surface area contributed by atoms with Crippen LogP contribution in [-0.4, -0.2) is 11.1 Å². The third-order valence-corrected chi connectivity index (χ3v) is 2.90. The molecule has 4 heteroatoms. The molecule has 4 nitrogen and oxygen atoms in total. The Labute approximate surface area is 100 Å². The largest absolute Gasteiger partial charge is 0.419 e. The minimum atomic E-state index is -0.265. The summed E-state index contributed by atoms with van der Waals surface area (Å²) >= 11 is 0. The van der Waals surface area contributed by atoms with Gasteiger partial charge in [-0.15, -0.1) is 0 Å². The van der Waals surface area contributed by atoms with Crippen LogP contribution in [0.25, 0.3) is 11.1 Å². The Morgan fingerprint density at radius 1 is 1.41 bits per heavy atom. The van der Waals surface area contributed by atoms with E-state index < -0.39 is 0 Å². The standard InChI is InChI=1S/C13H18N2O2/c1-2-3-8-15-11-9-10(6-7-14)4-5-12(11)17-13(15)16/h4-5,9H,2-3,6-8,14H2,1H3. The van der Waals surface area contributed by atoms with Gasteiger partial charge in [0.05, 0.1) is 5.52 Å². The molecule has 0 saturated carbocycles. The van der Waals surface area contributed by atoms with Crippen LogP contribution in [0.15, 0.2) is 27.4 Å². The predicted octanol–water partition coefficient (Wildman–Crippen LogP) is 1.90. The van der Waals surface area contributed by atoms with Gasteiger partial charge in [0.15, 0.2) is 5.58 Å². The highest BCUT2D eigenvalue weighted by atomic mass is 16.4. The number of nitrogens with two attached hydrogens (primary N) is 1. The first-order valence-corrected chi connectivity index (χ1v) is 6.08. The summed E-state index contributed by atoms with van der Waals surface area (Å²) in [6.07, 6.45) is 2.86. The van der Waals surface area contributed by atoms with Crippen molar-refractivity contribution in [3.8, 4) is 0 Å². The fourth-order valence-corrected chi connectivity index (χ4v) is 1.96. The van der Waals surface area contributed by atoms with Crippen LogP contribution in [0.4, 0.5) is 0 Å². The third kappa shape index (κ3) is 2.42. The lowest BCUT2D eigenvalue weighted by molar-refractivity contribution is 0.496. The summed E-state index contributed by atoms with van der Waals surface area (Å²) in [5, 5.41) is 0. The van der Waals surface area contributed by atoms with Gasteiger partial charge < -0.3 is 10.2 Å². The molecule has 1 aromatic heterocycles. The summed E-state index contributed by atoms with van der Waals surface area (Å²) in [5.41, 5.74) is 8.22. The molecule has 2 N–H and O–H groups in total. The van der Waals surface area contributed by atoms with E-state index in [0.717, 1.165) is 30.3 Å². The van der Waals surface area contributed by atoms with Gasteiger partial charge in [-0.25, -0.2) is 4.79 Å². The smallest absolute Gasteiger partial charge is 0.408 e. The number of unbranched alkanes of at least 4 members (excludes halogenated alkanes) is 1. The molecule has 0 unspecified atom stereocenters. The van der Waals surface area contributed by atoms with E-state index in [-0.39, 0.29) is 5.76 Å². The molecular weight excluding hydrogens is 216 g/mol. The average Bonchev–Trinajstić information content (AvgIpc) is 2.63. The molecule has 92 valence electrons. The normalized spacial score (nSPS) is 11.2. The number of oxazole rings is 1. The summed E-state index contributed by atoms with van der Waals surface area (Å²) in [4.78, 5) is 11.7. The highest BCUT2D eigenvalue weighted by Crippen LogP contribution is 2.16. The quantitative estimate of drug-likeness (QED) is 0.859. The lowest BCUT2D eigenvalue weighted by Crippen LogP contribution is -2.14. The number of hydrogen-bond donors (Lipinski definition) is 1. The third-order valence-electron chi connectivity index (χ3n) is 2.90. The van der Waals surface area contributed by atoms with E-state index in [1.165, 1.54) is 0 Å². The van der Waals surface area contributed by atoms with E-state index in [1.807, 2.05) is 18.2 Å². The van der Waals surface area contributed by atoms with Gasteiger partial charge in [-0.3, -0.25) is 4.57 Å². The van der Waals surface area contributed by atoms with Crippen molar-refractivity contribution < 1.29 is 4.42 Å². The van der Waals surface area contributed by atoms with Crippen LogP contribution in [-0.2, 0) is 13.0 Å². The SMILES string of the molecule is CCCCn1c(=O)oc2ccc(CCN)cc21. The zero-order chi connectivity index (χ0) is 12.3. The molecule has 0 spiro atoms. The van der Waals surface area contributed by atoms with Crippen LogP contribution in [0.1, 0.15) is 25.3 Å². The van der Waals surface area contributed by atoms with Gasteiger partial charge in [0, 0.05) is 6.54 Å². The van der Waals surface area contributed by atoms with Crippen LogP contribution < -0.4 is 11.5 Å². The highest BCUT2D eigenvalue weighted by Gasteiger charge is 2.08. The minimum Gasteiger partial charge on any atom is -0.408 e. The fourth-order valence-electron chi connectivity index (χ4n) is 1.96. The zero-order valence-corrected chi connectivity index (χ0v) is 10.1. The fraction of sp³-hybridized carbons (Fsp3) is 0.462. The maximum Gasteiger partial charge on any atom is 0.419 e. The van der Waals surface area contributed by atoms with Crippen molar-refractivity contribution in [2.75, 3.05) is 6.54 Å². The van der Waals surface area contributed by atoms with Gasteiger partial charge >= 0.3 is 5.76 Å². The Kier molecular flexibility index (Phi) is 3.64. The first kappa shape index (κ1) is 11.9. The molecule has 2 rings (SSSR count). The van der Waals surface area contributed by atoms with E-state index in [2.05, 4.69) is 6.92 Å². The van der Waals surface area contributed by atoms with E-state index in [9.17, 15) is 4.79 Å². The van der Waals surface area contributed by atoms with Gasteiger partial charge in [-0.2, -0.15) is 0 Å². The number of nitrogens with zero attached hydrogens (tertiary/aromatic N) is 1. The second kappa shape index (κ2) is 5.19. The summed E-state index contributed by atoms with van der Waals surface area (Å²) < 4.78 is 6.91. The van der Waals surface area contributed by atoms with Crippen molar-refractivity contribution in [1.29, 1.82) is 0 Å². The lowest BCUT2D eigenvalue weighted by Gasteiger charge is -2.02. The van der Waals surface area contributed by atoms with Crippen molar-refractivity contribution in [2.24, 2.45) is 5.73 Å². The maximum absolute atomic E-state index is 11.7. The summed E-state index contributed by atoms with van der Waals surface area (Å²) in [5.74, 6) is -0.265. The molecule has 0 bridgehead atoms. The molecule has 0 fully saturated rings. The Hall–Kier alpha value is -1.55. The molecule has 0 aliphatic carbocycles. The van der Waals surface area contributed by atoms with E-state index >= 15 is 0 Å². The van der Waals surface area contributed by atoms with Crippen molar-refractivity contribution in [2.45, 2.75) is 32.7 Å². The molecule has 1 heterocycles. The van der Waals surface area contributed by atoms with Crippen LogP contribution in [0.3, 0.4) is 0 Å². The molecule has 17 heavy (non-hydrogen) atoms. The Morgan fingerprint density at radius 2 is 2.24 bits per heavy atom. The molecule has 1 aromatic carbocycles. The van der Waals surface area contributed by atoms with E-state index in [1.54, 1.807) is 4.57 Å². The number of aromatic nitrogens is 1. The second-order valence-corrected chi connectivity index (χ2v) is 4.21. The summed E-state index contributed by atoms with van der Waals surface area (Å²) in [7, 11) is 0. The number of rotatable bonds is 5. The van der Waals surface area contributed by atoms with Gasteiger partial charge in [0.25, 0.3) is 0 Å². The molecule has 0 aliphatic rings. The first-order chi connectivity index (χ1) is 8.26. The molecule has 0 atom stereocenters. The zero-order valence-electron chi connectivity index (χ0n) is 10.1. The van der Waals surface area contributed by atoms with Gasteiger partial charge in [0.1, 0.15) is 0 Å². The van der Waals surface area contributed by atoms with E-state index in [0.29, 0.717) is 18.7 Å². The Bertz CT molecular complexity index is 554. The Balaban J connectivity index is 2.45. The number of fused-ring (bicyclic) bond motifs is 1. The molecule has 0 radical (unpaired) electrons. The first-order valence-electron chi connectivity index (χ1n) is 6.08. The van der Waals surface area contributed by atoms with Crippen molar-refractivity contribution in [3.63, 3.8) is 0 Å². The molecule has 0 saturated heterocycles. The average molecular weight is 234 g/mol. The number of aryl methyl sites for hydroxylation is 1. The minimum absolute atomic E-state index is 0.265. The second-order valence-electron chi connectivity index (χ2n) is 4.21. The Morgan fingerprint density at radius 3 is 2.94 bits per heavy atom. The van der Waals surface area contributed by atoms with Gasteiger partial charge in [0.2, 0.25) is 0 Å². The van der Waals surface area contributed by atoms with Crippen molar-refractivity contribution in [3.05, 3.63) is 34.3 Å². The molecular formula is C13H18N2O2. The van der Waals surface area contributed by atoms with Crippen LogP contribution in [0.2, 0.25) is 0 Å². The van der Waals surface area contributed by atoms with Gasteiger partial charge in [-0.1, -0.05) is 19.4 Å². The van der Waals surface area contributed by atoms with Crippen LogP contribution in [0, 0.1) is 0 Å². The lowest BCUT2D eigenvalue weighted by atomic mass is 10.1. The molecule has 0 amide bonds. The van der Waals surface area contributed by atoms with E-state index in [4.69, 9.17) is 10.2 Å². The molecule has 0 aliphatic heterocycles. The highest BCUT2D eigenvalue weighted by molar-refractivity contribution is 5.73. The molecule has 2 aromatic rings. The topological polar surface area (TPSA) is 61.2 Å². The van der Waals surface area contributed by atoms with Crippen LogP contribution in [0.5, 0.6) is 0 Å². The van der Waals surface area contributed by atoms with Crippen LogP contribution >= 0.6 is 0 Å². The summed E-state index contributed by atoms with van der Waals surface area (Å²) in [6, 6.07) is 5.81. The van der Waals surface area contributed by atoms with Gasteiger partial charge in [-0.05, 0) is 37.1 Å².